The van der Waals surface area contributed by atoms with Gasteiger partial charge < -0.3 is 10.1 Å². The van der Waals surface area contributed by atoms with Crippen molar-refractivity contribution in [2.45, 2.75) is 39.8 Å². The van der Waals surface area contributed by atoms with Crippen LogP contribution >= 0.6 is 0 Å². The lowest BCUT2D eigenvalue weighted by Gasteiger charge is -2.33. The van der Waals surface area contributed by atoms with Crippen molar-refractivity contribution in [3.05, 3.63) is 29.3 Å². The molecule has 1 aliphatic heterocycles. The quantitative estimate of drug-likeness (QED) is 0.866. The van der Waals surface area contributed by atoms with Crippen molar-refractivity contribution < 1.29 is 14.3 Å². The Labute approximate surface area is 137 Å². The molecule has 0 radical (unpaired) electrons. The van der Waals surface area contributed by atoms with Gasteiger partial charge in [-0.05, 0) is 50.5 Å². The minimum atomic E-state index is -0.444. The second-order valence-corrected chi connectivity index (χ2v) is 5.61. The van der Waals surface area contributed by atoms with Crippen molar-refractivity contribution in [1.29, 1.82) is 0 Å². The summed E-state index contributed by atoms with van der Waals surface area (Å²) in [5.41, 5.74) is 2.47. The van der Waals surface area contributed by atoms with Crippen molar-refractivity contribution >= 4 is 11.9 Å². The summed E-state index contributed by atoms with van der Waals surface area (Å²) < 4.78 is 5.54. The van der Waals surface area contributed by atoms with Crippen LogP contribution in [0.25, 0.3) is 0 Å². The Morgan fingerprint density at radius 1 is 1.30 bits per heavy atom. The molecule has 2 rings (SSSR count). The number of imide groups is 1. The number of nitrogens with one attached hydrogen (secondary N) is 2. The normalized spacial score (nSPS) is 15.4. The summed E-state index contributed by atoms with van der Waals surface area (Å²) in [4.78, 5) is 25.7. The van der Waals surface area contributed by atoms with Gasteiger partial charge in [-0.25, -0.2) is 4.79 Å². The van der Waals surface area contributed by atoms with Gasteiger partial charge in [-0.3, -0.25) is 15.0 Å². The molecule has 3 amide bonds. The number of urea groups is 1. The van der Waals surface area contributed by atoms with Gasteiger partial charge in [-0.2, -0.15) is 0 Å². The minimum Gasteiger partial charge on any atom is -0.494 e. The summed E-state index contributed by atoms with van der Waals surface area (Å²) >= 11 is 0. The van der Waals surface area contributed by atoms with Crippen LogP contribution in [-0.2, 0) is 17.8 Å². The molecule has 1 atom stereocenters. The highest BCUT2D eigenvalue weighted by Crippen LogP contribution is 2.25. The maximum absolute atomic E-state index is 12.2. The molecule has 0 saturated heterocycles. The molecule has 0 aromatic heterocycles. The van der Waals surface area contributed by atoms with Gasteiger partial charge in [0.15, 0.2) is 0 Å². The lowest BCUT2D eigenvalue weighted by Crippen LogP contribution is -2.50. The van der Waals surface area contributed by atoms with E-state index in [1.165, 1.54) is 11.1 Å². The summed E-state index contributed by atoms with van der Waals surface area (Å²) in [5.74, 6) is 0.577. The second-order valence-electron chi connectivity index (χ2n) is 5.61. The molecule has 6 heteroatoms. The van der Waals surface area contributed by atoms with E-state index in [1.54, 1.807) is 0 Å². The molecule has 1 unspecified atom stereocenters. The predicted octanol–water partition coefficient (Wildman–Crippen LogP) is 1.68. The average molecular weight is 319 g/mol. The first-order valence-corrected chi connectivity index (χ1v) is 8.12. The molecule has 1 aliphatic rings. The van der Waals surface area contributed by atoms with Crippen molar-refractivity contribution in [2.24, 2.45) is 0 Å². The van der Waals surface area contributed by atoms with E-state index in [-0.39, 0.29) is 11.9 Å². The number of nitrogens with zero attached hydrogens (tertiary/aromatic N) is 1. The van der Waals surface area contributed by atoms with Gasteiger partial charge in [0.1, 0.15) is 5.75 Å². The zero-order valence-corrected chi connectivity index (χ0v) is 14.0. The topological polar surface area (TPSA) is 70.7 Å². The standard InChI is InChI=1S/C17H25N3O3/c1-4-18-17(22)19-16(21)12(3)20-9-8-13-6-7-15(23-5-2)10-14(13)11-20/h6-7,10,12H,4-5,8-9,11H2,1-3H3,(H2,18,19,21,22). The molecule has 2 N–H and O–H groups in total. The number of hydrogen-bond acceptors (Lipinski definition) is 4. The van der Waals surface area contributed by atoms with Gasteiger partial charge in [0.2, 0.25) is 5.91 Å². The highest BCUT2D eigenvalue weighted by molar-refractivity contribution is 5.96. The molecular weight excluding hydrogens is 294 g/mol. The molecule has 1 heterocycles. The Morgan fingerprint density at radius 2 is 2.09 bits per heavy atom. The Morgan fingerprint density at radius 3 is 2.78 bits per heavy atom. The van der Waals surface area contributed by atoms with Gasteiger partial charge in [0.25, 0.3) is 0 Å². The summed E-state index contributed by atoms with van der Waals surface area (Å²) in [6.45, 7) is 8.19. The number of fused-ring (bicyclic) bond motifs is 1. The molecule has 1 aromatic rings. The van der Waals surface area contributed by atoms with Gasteiger partial charge in [-0.1, -0.05) is 6.07 Å². The smallest absolute Gasteiger partial charge is 0.321 e. The summed E-state index contributed by atoms with van der Waals surface area (Å²) in [6.07, 6.45) is 0.889. The molecule has 0 fully saturated rings. The molecule has 0 bridgehead atoms. The monoisotopic (exact) mass is 319 g/mol. The van der Waals surface area contributed by atoms with Crippen molar-refractivity contribution in [1.82, 2.24) is 15.5 Å². The number of ether oxygens (including phenoxy) is 1. The van der Waals surface area contributed by atoms with E-state index in [4.69, 9.17) is 4.74 Å². The first-order valence-electron chi connectivity index (χ1n) is 8.12. The van der Waals surface area contributed by atoms with Crippen molar-refractivity contribution in [3.8, 4) is 5.75 Å². The van der Waals surface area contributed by atoms with Gasteiger partial charge in [0.05, 0.1) is 12.6 Å². The molecule has 126 valence electrons. The van der Waals surface area contributed by atoms with Gasteiger partial charge in [0, 0.05) is 19.6 Å². The van der Waals surface area contributed by atoms with E-state index < -0.39 is 6.03 Å². The SMILES string of the molecule is CCNC(=O)NC(=O)C(C)N1CCc2ccc(OCC)cc2C1. The van der Waals surface area contributed by atoms with E-state index in [1.807, 2.05) is 32.9 Å². The Kier molecular flexibility index (Phi) is 5.98. The molecule has 0 spiro atoms. The average Bonchev–Trinajstić information content (AvgIpc) is 2.54. The van der Waals surface area contributed by atoms with Crippen LogP contribution < -0.4 is 15.4 Å². The summed E-state index contributed by atoms with van der Waals surface area (Å²) in [5, 5.41) is 4.94. The summed E-state index contributed by atoms with van der Waals surface area (Å²) in [6, 6.07) is 5.32. The van der Waals surface area contributed by atoms with Crippen LogP contribution in [0, 0.1) is 0 Å². The molecule has 0 saturated carbocycles. The first-order chi connectivity index (χ1) is 11.0. The zero-order chi connectivity index (χ0) is 16.8. The highest BCUT2D eigenvalue weighted by atomic mass is 16.5. The largest absolute Gasteiger partial charge is 0.494 e. The van der Waals surface area contributed by atoms with E-state index in [0.29, 0.717) is 19.7 Å². The van der Waals surface area contributed by atoms with Crippen molar-refractivity contribution in [2.75, 3.05) is 19.7 Å². The van der Waals surface area contributed by atoms with E-state index in [2.05, 4.69) is 21.6 Å². The van der Waals surface area contributed by atoms with Gasteiger partial charge >= 0.3 is 6.03 Å². The predicted molar refractivity (Wildman–Crippen MR) is 88.4 cm³/mol. The Hall–Kier alpha value is -2.08. The summed E-state index contributed by atoms with van der Waals surface area (Å²) in [7, 11) is 0. The molecule has 1 aromatic carbocycles. The van der Waals surface area contributed by atoms with E-state index >= 15 is 0 Å². The number of rotatable bonds is 5. The molecule has 0 aliphatic carbocycles. The highest BCUT2D eigenvalue weighted by Gasteiger charge is 2.26. The fraction of sp³-hybridized carbons (Fsp3) is 0.529. The second kappa shape index (κ2) is 7.97. The van der Waals surface area contributed by atoms with Crippen LogP contribution in [0.4, 0.5) is 4.79 Å². The first kappa shape index (κ1) is 17.3. The number of benzene rings is 1. The Balaban J connectivity index is 2.01. The fourth-order valence-electron chi connectivity index (χ4n) is 2.73. The van der Waals surface area contributed by atoms with Crippen LogP contribution in [-0.4, -0.2) is 42.6 Å². The van der Waals surface area contributed by atoms with Crippen LogP contribution in [0.15, 0.2) is 18.2 Å². The Bertz CT molecular complexity index is 574. The van der Waals surface area contributed by atoms with Gasteiger partial charge in [-0.15, -0.1) is 0 Å². The van der Waals surface area contributed by atoms with Crippen molar-refractivity contribution in [3.63, 3.8) is 0 Å². The molecular formula is C17H25N3O3. The lowest BCUT2D eigenvalue weighted by atomic mass is 9.98. The van der Waals surface area contributed by atoms with Crippen LogP contribution in [0.5, 0.6) is 5.75 Å². The van der Waals surface area contributed by atoms with Crippen LogP contribution in [0.3, 0.4) is 0 Å². The third-order valence-electron chi connectivity index (χ3n) is 4.03. The fourth-order valence-corrected chi connectivity index (χ4v) is 2.73. The van der Waals surface area contributed by atoms with E-state index in [9.17, 15) is 9.59 Å². The number of hydrogen-bond donors (Lipinski definition) is 2. The maximum atomic E-state index is 12.2. The molecule has 6 nitrogen and oxygen atoms in total. The number of amides is 3. The third-order valence-corrected chi connectivity index (χ3v) is 4.03. The third kappa shape index (κ3) is 4.45. The van der Waals surface area contributed by atoms with Crippen LogP contribution in [0.2, 0.25) is 0 Å². The number of carbonyl (C=O) groups excluding carboxylic acids is 2. The maximum Gasteiger partial charge on any atom is 0.321 e. The zero-order valence-electron chi connectivity index (χ0n) is 14.0. The van der Waals surface area contributed by atoms with E-state index in [0.717, 1.165) is 18.7 Å². The number of carbonyl (C=O) groups is 2. The minimum absolute atomic E-state index is 0.277. The van der Waals surface area contributed by atoms with Crippen LogP contribution in [0.1, 0.15) is 31.9 Å². The molecule has 23 heavy (non-hydrogen) atoms. The lowest BCUT2D eigenvalue weighted by molar-refractivity contribution is -0.125.